The first kappa shape index (κ1) is 28.4. The summed E-state index contributed by atoms with van der Waals surface area (Å²) in [5.74, 6) is 4.56. The molecule has 14 nitrogen and oxygen atoms in total. The number of ether oxygens (including phenoxy) is 1. The van der Waals surface area contributed by atoms with Crippen molar-refractivity contribution in [2.75, 3.05) is 32.8 Å². The van der Waals surface area contributed by atoms with Crippen molar-refractivity contribution in [1.29, 1.82) is 0 Å². The first-order valence-electron chi connectivity index (χ1n) is 13.5. The van der Waals surface area contributed by atoms with Crippen LogP contribution in [0.2, 0.25) is 0 Å². The Bertz CT molecular complexity index is 1490. The minimum absolute atomic E-state index is 0.00939. The van der Waals surface area contributed by atoms with Gasteiger partial charge < -0.3 is 25.7 Å². The fourth-order valence-corrected chi connectivity index (χ4v) is 6.58. The molecular weight excluding hydrogens is 550 g/mol. The molecule has 0 bridgehead atoms. The Labute approximate surface area is 237 Å². The van der Waals surface area contributed by atoms with Crippen LogP contribution >= 0.6 is 0 Å². The Balaban J connectivity index is 1.36. The average Bonchev–Trinajstić information content (AvgIpc) is 3.68. The molecule has 2 unspecified atom stereocenters. The average molecular weight is 584 g/mol. The third kappa shape index (κ3) is 6.97. The van der Waals surface area contributed by atoms with Gasteiger partial charge in [0.2, 0.25) is 11.8 Å². The van der Waals surface area contributed by atoms with Crippen LogP contribution in [0, 0.1) is 0 Å². The fourth-order valence-electron chi connectivity index (χ4n) is 4.93. The number of tetrazole rings is 1. The molecule has 3 aromatic rings. The van der Waals surface area contributed by atoms with Gasteiger partial charge >= 0.3 is 0 Å². The molecule has 2 atom stereocenters. The van der Waals surface area contributed by atoms with Gasteiger partial charge in [0.15, 0.2) is 15.1 Å². The van der Waals surface area contributed by atoms with E-state index in [-0.39, 0.29) is 30.1 Å². The minimum Gasteiger partial charge on any atom is -0.373 e. The monoisotopic (exact) mass is 583 g/mol. The van der Waals surface area contributed by atoms with Crippen LogP contribution in [-0.4, -0.2) is 107 Å². The number of carbonyl (C=O) groups is 2. The normalized spacial score (nSPS) is 18.4. The van der Waals surface area contributed by atoms with E-state index in [1.807, 2.05) is 29.2 Å². The van der Waals surface area contributed by atoms with Crippen molar-refractivity contribution < 1.29 is 22.7 Å². The second-order valence-corrected chi connectivity index (χ2v) is 12.3. The number of hydrogen-bond acceptors (Lipinski definition) is 10. The minimum atomic E-state index is -4.24. The molecule has 2 amide bonds. The van der Waals surface area contributed by atoms with Crippen LogP contribution in [0.1, 0.15) is 25.1 Å². The molecule has 1 aromatic heterocycles. The number of hydrogen-bond donors (Lipinski definition) is 3. The van der Waals surface area contributed by atoms with Crippen LogP contribution < -0.4 is 11.2 Å². The maximum Gasteiger partial charge on any atom is 0.242 e. The van der Waals surface area contributed by atoms with Crippen molar-refractivity contribution in [2.24, 2.45) is 10.9 Å². The highest BCUT2D eigenvalue weighted by Gasteiger charge is 2.43. The van der Waals surface area contributed by atoms with Crippen molar-refractivity contribution in [3.63, 3.8) is 0 Å². The summed E-state index contributed by atoms with van der Waals surface area (Å²) >= 11 is 0. The van der Waals surface area contributed by atoms with E-state index < -0.39 is 33.3 Å². The van der Waals surface area contributed by atoms with Gasteiger partial charge in [-0.2, -0.15) is 5.10 Å². The number of fused-ring (bicyclic) bond motifs is 1. The molecule has 1 saturated carbocycles. The number of nitrogens with two attached hydrogens (primary N) is 1. The highest BCUT2D eigenvalue weighted by molar-refractivity contribution is 7.92. The number of rotatable bonds is 12. The fraction of sp³-hybridized carbons (Fsp3) is 0.462. The van der Waals surface area contributed by atoms with Crippen LogP contribution in [0.5, 0.6) is 0 Å². The summed E-state index contributed by atoms with van der Waals surface area (Å²) in [5.41, 5.74) is 0. The molecule has 0 spiro atoms. The third-order valence-electron chi connectivity index (χ3n) is 7.25. The number of benzene rings is 2. The van der Waals surface area contributed by atoms with Crippen LogP contribution in [0.3, 0.4) is 0 Å². The van der Waals surface area contributed by atoms with Gasteiger partial charge in [-0.05, 0) is 46.2 Å². The molecule has 2 aromatic carbocycles. The van der Waals surface area contributed by atoms with Crippen molar-refractivity contribution in [3.8, 4) is 0 Å². The van der Waals surface area contributed by atoms with Gasteiger partial charge in [-0.15, -0.1) is 5.10 Å². The lowest BCUT2D eigenvalue weighted by Gasteiger charge is -2.31. The number of H-pyrrole nitrogens is 1. The van der Waals surface area contributed by atoms with Crippen molar-refractivity contribution in [1.82, 2.24) is 35.7 Å². The lowest BCUT2D eigenvalue weighted by atomic mass is 10.1. The quantitative estimate of drug-likeness (QED) is 0.112. The molecule has 15 heteroatoms. The second kappa shape index (κ2) is 12.6. The Morgan fingerprint density at radius 1 is 1.24 bits per heavy atom. The highest BCUT2D eigenvalue weighted by Crippen LogP contribution is 2.31. The predicted octanol–water partition coefficient (Wildman–Crippen LogP) is -0.162. The number of hydrazone groups is 1. The summed E-state index contributed by atoms with van der Waals surface area (Å²) in [6, 6.07) is 12.0. The number of amides is 2. The van der Waals surface area contributed by atoms with Crippen LogP contribution in [0.4, 0.5) is 0 Å². The molecule has 218 valence electrons. The topological polar surface area (TPSA) is 189 Å². The van der Waals surface area contributed by atoms with Crippen LogP contribution in [0.15, 0.2) is 52.5 Å². The summed E-state index contributed by atoms with van der Waals surface area (Å²) in [4.78, 5) is 30.5. The molecule has 2 heterocycles. The smallest absolute Gasteiger partial charge is 0.242 e. The number of carbonyl (C=O) groups excluding carboxylic acids is 2. The van der Waals surface area contributed by atoms with Gasteiger partial charge in [-0.3, -0.25) is 9.59 Å². The van der Waals surface area contributed by atoms with Gasteiger partial charge in [0.05, 0.1) is 24.0 Å². The molecule has 2 fully saturated rings. The van der Waals surface area contributed by atoms with Crippen molar-refractivity contribution in [2.45, 2.75) is 48.0 Å². The Hall–Kier alpha value is -4.11. The predicted molar refractivity (Wildman–Crippen MR) is 149 cm³/mol. The SMILES string of the molecule is NN=CN1CCOC(CNC(=O)CC(C(=O)N(CCc2nnn[nH]2)C2CC2)S(=O)(=O)c2ccc3ccccc3c2)C1. The molecule has 1 aliphatic heterocycles. The zero-order valence-electron chi connectivity index (χ0n) is 22.4. The number of aromatic nitrogens is 4. The van der Waals surface area contributed by atoms with Gasteiger partial charge in [0.1, 0.15) is 12.2 Å². The van der Waals surface area contributed by atoms with E-state index in [0.717, 1.165) is 23.6 Å². The Kier molecular flexibility index (Phi) is 8.73. The molecule has 1 saturated heterocycles. The lowest BCUT2D eigenvalue weighted by Crippen LogP contribution is -2.49. The number of aromatic amines is 1. The summed E-state index contributed by atoms with van der Waals surface area (Å²) in [5, 5.41) is 19.9. The van der Waals surface area contributed by atoms with E-state index in [9.17, 15) is 18.0 Å². The number of morpholine rings is 1. The van der Waals surface area contributed by atoms with Gasteiger partial charge in [0.25, 0.3) is 0 Å². The van der Waals surface area contributed by atoms with Gasteiger partial charge in [0, 0.05) is 38.6 Å². The standard InChI is InChI=1S/C26H33N9O5S/c27-29-17-34-11-12-40-21(16-34)15-28-25(36)14-23(26(37)35(20-6-7-20)10-9-24-30-32-33-31-24)41(38,39)22-8-5-18-3-1-2-4-19(18)13-22/h1-5,8,13,17,20-21,23H,6-7,9-12,14-16,27H2,(H,28,36)(H,30,31,32,33). The molecule has 0 radical (unpaired) electrons. The molecule has 4 N–H and O–H groups in total. The first-order chi connectivity index (χ1) is 19.8. The molecule has 41 heavy (non-hydrogen) atoms. The Morgan fingerprint density at radius 2 is 2.05 bits per heavy atom. The Morgan fingerprint density at radius 3 is 2.78 bits per heavy atom. The molecular formula is C26H33N9O5S. The van der Waals surface area contributed by atoms with E-state index >= 15 is 0 Å². The van der Waals surface area contributed by atoms with E-state index in [0.29, 0.717) is 31.9 Å². The van der Waals surface area contributed by atoms with Gasteiger partial charge in [-0.1, -0.05) is 30.3 Å². The zero-order valence-corrected chi connectivity index (χ0v) is 23.2. The van der Waals surface area contributed by atoms with Crippen molar-refractivity contribution in [3.05, 3.63) is 48.3 Å². The van der Waals surface area contributed by atoms with Crippen LogP contribution in [0.25, 0.3) is 10.8 Å². The maximum absolute atomic E-state index is 14.0. The third-order valence-corrected chi connectivity index (χ3v) is 9.28. The summed E-state index contributed by atoms with van der Waals surface area (Å²) in [6.07, 6.45) is 2.49. The molecule has 1 aliphatic carbocycles. The highest BCUT2D eigenvalue weighted by atomic mass is 32.2. The lowest BCUT2D eigenvalue weighted by molar-refractivity contribution is -0.133. The molecule has 2 aliphatic rings. The largest absolute Gasteiger partial charge is 0.373 e. The second-order valence-electron chi connectivity index (χ2n) is 10.2. The number of nitrogens with zero attached hydrogens (tertiary/aromatic N) is 6. The van der Waals surface area contributed by atoms with Crippen LogP contribution in [-0.2, 0) is 30.6 Å². The van der Waals surface area contributed by atoms with E-state index in [4.69, 9.17) is 10.6 Å². The van der Waals surface area contributed by atoms with E-state index in [2.05, 4.69) is 31.0 Å². The van der Waals surface area contributed by atoms with Gasteiger partial charge in [-0.25, -0.2) is 13.5 Å². The first-order valence-corrected chi connectivity index (χ1v) is 15.0. The zero-order chi connectivity index (χ0) is 28.8. The van der Waals surface area contributed by atoms with Crippen molar-refractivity contribution >= 4 is 38.8 Å². The summed E-state index contributed by atoms with van der Waals surface area (Å²) in [7, 11) is -4.24. The van der Waals surface area contributed by atoms with E-state index in [1.165, 1.54) is 12.4 Å². The summed E-state index contributed by atoms with van der Waals surface area (Å²) < 4.78 is 33.8. The van der Waals surface area contributed by atoms with E-state index in [1.54, 1.807) is 17.0 Å². The summed E-state index contributed by atoms with van der Waals surface area (Å²) in [6.45, 7) is 1.88. The number of nitrogens with one attached hydrogen (secondary N) is 2. The maximum atomic E-state index is 14.0. The molecule has 5 rings (SSSR count). The number of sulfone groups is 1.